The first-order chi connectivity index (χ1) is 17.5. The monoisotopic (exact) mass is 475 g/mol. The Labute approximate surface area is 204 Å². The minimum absolute atomic E-state index is 0.00346. The van der Waals surface area contributed by atoms with Gasteiger partial charge in [-0.25, -0.2) is 19.8 Å². The van der Waals surface area contributed by atoms with Gasteiger partial charge >= 0.3 is 0 Å². The van der Waals surface area contributed by atoms with E-state index in [9.17, 15) is 9.90 Å². The number of anilines is 1. The van der Waals surface area contributed by atoms with Crippen LogP contribution in [0.1, 0.15) is 16.1 Å². The Bertz CT molecular complexity index is 1670. The van der Waals surface area contributed by atoms with Crippen molar-refractivity contribution in [2.24, 2.45) is 10.2 Å². The maximum atomic E-state index is 13.1. The number of carbonyl (C=O) groups excluding carboxylic acids is 1. The van der Waals surface area contributed by atoms with E-state index in [1.807, 2.05) is 19.1 Å². The van der Waals surface area contributed by atoms with Crippen molar-refractivity contribution in [3.05, 3.63) is 95.9 Å². The number of amides is 1. The van der Waals surface area contributed by atoms with Crippen LogP contribution in [0.15, 0.2) is 83.4 Å². The number of fused-ring (bicyclic) bond motifs is 1. The Morgan fingerprint density at radius 3 is 2.67 bits per heavy atom. The molecule has 36 heavy (non-hydrogen) atoms. The molecular weight excluding hydrogens is 458 g/mol. The van der Waals surface area contributed by atoms with Crippen molar-refractivity contribution in [3.8, 4) is 11.7 Å². The summed E-state index contributed by atoms with van der Waals surface area (Å²) in [4.78, 5) is 29.1. The van der Waals surface area contributed by atoms with Crippen LogP contribution in [0.25, 0.3) is 21.6 Å². The van der Waals surface area contributed by atoms with Crippen molar-refractivity contribution in [3.63, 3.8) is 0 Å². The van der Waals surface area contributed by atoms with Crippen LogP contribution in [0.2, 0.25) is 0 Å². The molecule has 0 unspecified atom stereocenters. The number of carbonyl (C=O) groups is 1. The number of pyridine rings is 1. The van der Waals surface area contributed by atoms with E-state index in [0.29, 0.717) is 16.6 Å². The van der Waals surface area contributed by atoms with Gasteiger partial charge in [0.2, 0.25) is 0 Å². The van der Waals surface area contributed by atoms with Crippen molar-refractivity contribution < 1.29 is 9.90 Å². The molecule has 5 aromatic rings. The number of benzene rings is 2. The topological polar surface area (TPSA) is 135 Å². The molecule has 0 aliphatic heterocycles. The second kappa shape index (κ2) is 9.40. The molecule has 0 aliphatic carbocycles. The van der Waals surface area contributed by atoms with Crippen LogP contribution >= 0.6 is 0 Å². The highest BCUT2D eigenvalue weighted by Crippen LogP contribution is 2.40. The molecule has 174 valence electrons. The third kappa shape index (κ3) is 4.22. The Hall–Kier alpha value is -5.50. The Balaban J connectivity index is 1.61. The van der Waals surface area contributed by atoms with Crippen LogP contribution in [0.4, 0.5) is 23.0 Å². The highest BCUT2D eigenvalue weighted by molar-refractivity contribution is 6.11. The maximum Gasteiger partial charge on any atom is 0.260 e. The van der Waals surface area contributed by atoms with E-state index in [4.69, 9.17) is 6.57 Å². The molecule has 0 saturated carbocycles. The third-order valence-corrected chi connectivity index (χ3v) is 5.20. The number of phenols is 1. The molecule has 11 heteroatoms. The predicted molar refractivity (Wildman–Crippen MR) is 132 cm³/mol. The largest absolute Gasteiger partial charge is 0.505 e. The summed E-state index contributed by atoms with van der Waals surface area (Å²) >= 11 is 0. The Morgan fingerprint density at radius 1 is 1.08 bits per heavy atom. The minimum atomic E-state index is -0.558. The van der Waals surface area contributed by atoms with E-state index < -0.39 is 5.91 Å². The first kappa shape index (κ1) is 22.3. The average molecular weight is 475 g/mol. The summed E-state index contributed by atoms with van der Waals surface area (Å²) in [6.45, 7) is 9.26. The number of aromatic nitrogens is 5. The molecule has 0 atom stereocenters. The van der Waals surface area contributed by atoms with Crippen molar-refractivity contribution in [1.82, 2.24) is 24.7 Å². The van der Waals surface area contributed by atoms with Crippen LogP contribution in [-0.2, 0) is 0 Å². The minimum Gasteiger partial charge on any atom is -0.505 e. The lowest BCUT2D eigenvalue weighted by Crippen LogP contribution is -2.13. The van der Waals surface area contributed by atoms with E-state index in [-0.39, 0.29) is 34.5 Å². The number of nitrogens with one attached hydrogen (secondary N) is 1. The first-order valence-electron chi connectivity index (χ1n) is 10.7. The number of azo groups is 1. The smallest absolute Gasteiger partial charge is 0.260 e. The van der Waals surface area contributed by atoms with Crippen LogP contribution in [0.5, 0.6) is 5.75 Å². The fourth-order valence-electron chi connectivity index (χ4n) is 3.54. The number of phenolic OH excluding ortho intramolecular Hbond substituents is 1. The zero-order valence-electron chi connectivity index (χ0n) is 18.9. The highest BCUT2D eigenvalue weighted by atomic mass is 16.3. The number of aryl methyl sites for hydroxylation is 1. The van der Waals surface area contributed by atoms with Gasteiger partial charge in [0.25, 0.3) is 17.5 Å². The molecule has 2 aromatic carbocycles. The van der Waals surface area contributed by atoms with E-state index in [2.05, 4.69) is 40.4 Å². The standard InChI is InChI=1S/C25H17N9O2/c1-15-7-5-10-20(30-15)31-24(36)18-13-16-8-3-4-9-17(16)21(22(18)35)32-33-23-19(26-2)14-29-34(23)25-27-11-6-12-28-25/h3-14,35H,1H3,(H,30,31,36)/b33-32+. The first-order valence-corrected chi connectivity index (χ1v) is 10.7. The normalized spacial score (nSPS) is 11.0. The zero-order chi connectivity index (χ0) is 25.1. The summed E-state index contributed by atoms with van der Waals surface area (Å²) in [5.41, 5.74) is 0.915. The van der Waals surface area contributed by atoms with E-state index in [1.54, 1.807) is 42.5 Å². The molecule has 11 nitrogen and oxygen atoms in total. The molecule has 0 aliphatic rings. The van der Waals surface area contributed by atoms with Crippen LogP contribution in [0.3, 0.4) is 0 Å². The predicted octanol–water partition coefficient (Wildman–Crippen LogP) is 5.44. The molecule has 3 heterocycles. The van der Waals surface area contributed by atoms with Crippen molar-refractivity contribution in [2.75, 3.05) is 5.32 Å². The number of nitrogens with zero attached hydrogens (tertiary/aromatic N) is 8. The molecule has 0 fully saturated rings. The quantitative estimate of drug-likeness (QED) is 0.257. The van der Waals surface area contributed by atoms with Gasteiger partial charge in [-0.05, 0) is 36.6 Å². The number of rotatable bonds is 5. The van der Waals surface area contributed by atoms with Gasteiger partial charge in [-0.15, -0.1) is 10.2 Å². The lowest BCUT2D eigenvalue weighted by Gasteiger charge is -2.11. The summed E-state index contributed by atoms with van der Waals surface area (Å²) in [6, 6.07) is 15.6. The molecule has 0 radical (unpaired) electrons. The number of hydrogen-bond acceptors (Lipinski definition) is 8. The molecule has 2 N–H and O–H groups in total. The van der Waals surface area contributed by atoms with Crippen molar-refractivity contribution >= 4 is 39.7 Å². The molecule has 0 spiro atoms. The van der Waals surface area contributed by atoms with Crippen LogP contribution in [0, 0.1) is 13.5 Å². The number of aromatic hydroxyl groups is 1. The summed E-state index contributed by atoms with van der Waals surface area (Å²) in [5, 5.41) is 27.6. The Kier molecular flexibility index (Phi) is 5.82. The summed E-state index contributed by atoms with van der Waals surface area (Å²) in [6.07, 6.45) is 4.40. The lowest BCUT2D eigenvalue weighted by molar-refractivity contribution is 0.102. The number of hydrogen-bond donors (Lipinski definition) is 2. The lowest BCUT2D eigenvalue weighted by atomic mass is 10.0. The fraction of sp³-hybridized carbons (Fsp3) is 0.0400. The fourth-order valence-corrected chi connectivity index (χ4v) is 3.54. The molecule has 5 rings (SSSR count). The molecule has 3 aromatic heterocycles. The van der Waals surface area contributed by atoms with Gasteiger partial charge in [0, 0.05) is 23.5 Å². The SMILES string of the molecule is [C-]#[N+]c1cnn(-c2ncccn2)c1/N=N/c1c(O)c(C(=O)Nc2cccc(C)n2)cc2ccccc12. The van der Waals surface area contributed by atoms with Gasteiger partial charge < -0.3 is 10.4 Å². The van der Waals surface area contributed by atoms with Crippen molar-refractivity contribution in [1.29, 1.82) is 0 Å². The second-order valence-corrected chi connectivity index (χ2v) is 7.59. The van der Waals surface area contributed by atoms with Crippen molar-refractivity contribution in [2.45, 2.75) is 6.92 Å². The van der Waals surface area contributed by atoms with Gasteiger partial charge in [0.1, 0.15) is 11.5 Å². The maximum absolute atomic E-state index is 13.1. The van der Waals surface area contributed by atoms with E-state index in [0.717, 1.165) is 5.69 Å². The Morgan fingerprint density at radius 2 is 1.89 bits per heavy atom. The molecule has 1 amide bonds. The van der Waals surface area contributed by atoms with Gasteiger partial charge in [0.05, 0.1) is 18.3 Å². The van der Waals surface area contributed by atoms with Crippen LogP contribution in [-0.4, -0.2) is 35.7 Å². The zero-order valence-corrected chi connectivity index (χ0v) is 18.9. The van der Waals surface area contributed by atoms with Gasteiger partial charge in [-0.1, -0.05) is 30.3 Å². The molecule has 0 bridgehead atoms. The third-order valence-electron chi connectivity index (χ3n) is 5.20. The second-order valence-electron chi connectivity index (χ2n) is 7.59. The van der Waals surface area contributed by atoms with E-state index in [1.165, 1.54) is 23.3 Å². The summed E-state index contributed by atoms with van der Waals surface area (Å²) < 4.78 is 1.27. The highest BCUT2D eigenvalue weighted by Gasteiger charge is 2.20. The van der Waals surface area contributed by atoms with Gasteiger partial charge in [-0.3, -0.25) is 4.79 Å². The van der Waals surface area contributed by atoms with Gasteiger partial charge in [0.15, 0.2) is 11.6 Å². The van der Waals surface area contributed by atoms with Gasteiger partial charge in [-0.2, -0.15) is 9.78 Å². The molecular formula is C25H17N9O2. The summed E-state index contributed by atoms with van der Waals surface area (Å²) in [7, 11) is 0. The van der Waals surface area contributed by atoms with E-state index >= 15 is 0 Å². The average Bonchev–Trinajstić information content (AvgIpc) is 3.31. The summed E-state index contributed by atoms with van der Waals surface area (Å²) in [5.74, 6) is -0.289. The molecule has 0 saturated heterocycles. The van der Waals surface area contributed by atoms with Crippen LogP contribution < -0.4 is 5.32 Å².